The monoisotopic (exact) mass is 704 g/mol. The molecule has 2 atom stereocenters. The summed E-state index contributed by atoms with van der Waals surface area (Å²) < 4.78 is 17.0. The van der Waals surface area contributed by atoms with Crippen molar-refractivity contribution < 1.29 is 38.2 Å². The largest absolute Gasteiger partial charge is 0.544 e. The number of unbranched alkanes of at least 4 members (excludes halogenated alkanes) is 12. The second kappa shape index (κ2) is 33.4. The Morgan fingerprint density at radius 3 is 1.62 bits per heavy atom. The Balaban J connectivity index is 4.51. The standard InChI is InChI=1S/C42H73NO7/c1-6-8-10-12-14-16-18-20-22-24-26-28-30-32-40(44)49-37-38(36-48-35-34-39(42(46)47)43(3,4)5)50-41(45)33-31-29-27-25-23-21-19-17-15-13-11-9-7-2/h9,11,15,17,21,23,27,29,38-39H,6-8,10,12-14,16,18-20,22,24-26,28,30-37H2,1-5H3/b11-9-,17-15-,23-21-,29-27-. The van der Waals surface area contributed by atoms with E-state index in [9.17, 15) is 19.5 Å². The van der Waals surface area contributed by atoms with Crippen molar-refractivity contribution in [2.75, 3.05) is 41.0 Å². The number of esters is 2. The van der Waals surface area contributed by atoms with Crippen LogP contribution in [0.25, 0.3) is 0 Å². The van der Waals surface area contributed by atoms with Gasteiger partial charge < -0.3 is 28.6 Å². The molecule has 0 heterocycles. The van der Waals surface area contributed by atoms with Gasteiger partial charge in [-0.3, -0.25) is 9.59 Å². The van der Waals surface area contributed by atoms with Crippen molar-refractivity contribution in [2.45, 2.75) is 161 Å². The first-order valence-electron chi connectivity index (χ1n) is 19.7. The Labute approximate surface area is 306 Å². The number of allylic oxidation sites excluding steroid dienone is 8. The predicted molar refractivity (Wildman–Crippen MR) is 203 cm³/mol. The average Bonchev–Trinajstić information content (AvgIpc) is 3.06. The number of hydrogen-bond donors (Lipinski definition) is 0. The Kier molecular flexibility index (Phi) is 31.6. The van der Waals surface area contributed by atoms with Gasteiger partial charge >= 0.3 is 11.9 Å². The maximum Gasteiger partial charge on any atom is 0.306 e. The molecule has 0 radical (unpaired) electrons. The second-order valence-electron chi connectivity index (χ2n) is 14.1. The van der Waals surface area contributed by atoms with Gasteiger partial charge in [0.15, 0.2) is 6.10 Å². The van der Waals surface area contributed by atoms with E-state index >= 15 is 0 Å². The quantitative estimate of drug-likeness (QED) is 0.0286. The molecule has 50 heavy (non-hydrogen) atoms. The smallest absolute Gasteiger partial charge is 0.306 e. The molecule has 0 aliphatic heterocycles. The summed E-state index contributed by atoms with van der Waals surface area (Å²) in [5.74, 6) is -1.84. The highest BCUT2D eigenvalue weighted by atomic mass is 16.6. The number of aliphatic carboxylic acids is 1. The number of carbonyl (C=O) groups excluding carboxylic acids is 3. The SMILES string of the molecule is CC/C=C\C/C=C\C/C=C\C/C=C\CCC(=O)OC(COCCC(C(=O)[O-])[N+](C)(C)C)COC(=O)CCCCCCCCCCCCCCC. The zero-order valence-corrected chi connectivity index (χ0v) is 32.5. The van der Waals surface area contributed by atoms with Gasteiger partial charge in [-0.15, -0.1) is 0 Å². The maximum atomic E-state index is 12.6. The maximum absolute atomic E-state index is 12.6. The minimum absolute atomic E-state index is 0.0125. The molecule has 288 valence electrons. The van der Waals surface area contributed by atoms with Gasteiger partial charge in [0.05, 0.1) is 40.3 Å². The highest BCUT2D eigenvalue weighted by Gasteiger charge is 2.25. The fraction of sp³-hybridized carbons (Fsp3) is 0.738. The van der Waals surface area contributed by atoms with Crippen molar-refractivity contribution in [2.24, 2.45) is 0 Å². The zero-order chi connectivity index (χ0) is 37.1. The number of ether oxygens (including phenoxy) is 3. The van der Waals surface area contributed by atoms with Crippen molar-refractivity contribution >= 4 is 17.9 Å². The van der Waals surface area contributed by atoms with Crippen LogP contribution in [0.2, 0.25) is 0 Å². The van der Waals surface area contributed by atoms with Crippen LogP contribution >= 0.6 is 0 Å². The van der Waals surface area contributed by atoms with Crippen LogP contribution in [0.15, 0.2) is 48.6 Å². The lowest BCUT2D eigenvalue weighted by Crippen LogP contribution is -2.55. The van der Waals surface area contributed by atoms with Gasteiger partial charge in [-0.2, -0.15) is 0 Å². The summed E-state index contributed by atoms with van der Waals surface area (Å²) in [6, 6.07) is -0.736. The van der Waals surface area contributed by atoms with Crippen LogP contribution < -0.4 is 5.11 Å². The number of hydrogen-bond acceptors (Lipinski definition) is 7. The number of carboxylic acids is 1. The van der Waals surface area contributed by atoms with E-state index in [4.69, 9.17) is 14.2 Å². The lowest BCUT2D eigenvalue weighted by Gasteiger charge is -2.34. The number of carboxylic acid groups (broad SMARTS) is 1. The third-order valence-electron chi connectivity index (χ3n) is 8.49. The predicted octanol–water partition coefficient (Wildman–Crippen LogP) is 8.74. The molecule has 8 heteroatoms. The first kappa shape index (κ1) is 47.3. The van der Waals surface area contributed by atoms with Crippen LogP contribution in [0.5, 0.6) is 0 Å². The highest BCUT2D eigenvalue weighted by molar-refractivity contribution is 5.70. The molecule has 0 saturated carbocycles. The summed E-state index contributed by atoms with van der Waals surface area (Å²) >= 11 is 0. The number of likely N-dealkylation sites (N-methyl/N-ethyl adjacent to an activating group) is 1. The molecule has 8 nitrogen and oxygen atoms in total. The van der Waals surface area contributed by atoms with E-state index in [-0.39, 0.29) is 43.1 Å². The Morgan fingerprint density at radius 1 is 0.620 bits per heavy atom. The number of quaternary nitrogens is 1. The third-order valence-corrected chi connectivity index (χ3v) is 8.49. The summed E-state index contributed by atoms with van der Waals surface area (Å²) in [6.45, 7) is 4.45. The van der Waals surface area contributed by atoms with Crippen LogP contribution in [-0.2, 0) is 28.6 Å². The van der Waals surface area contributed by atoms with Crippen molar-refractivity contribution in [1.82, 2.24) is 0 Å². The van der Waals surface area contributed by atoms with Gasteiger partial charge in [0, 0.05) is 19.3 Å². The van der Waals surface area contributed by atoms with Gasteiger partial charge in [0.2, 0.25) is 0 Å². The summed E-state index contributed by atoms with van der Waals surface area (Å²) in [4.78, 5) is 36.6. The van der Waals surface area contributed by atoms with E-state index < -0.39 is 24.1 Å². The molecule has 0 aromatic rings. The van der Waals surface area contributed by atoms with Crippen molar-refractivity contribution in [1.29, 1.82) is 0 Å². The lowest BCUT2D eigenvalue weighted by atomic mass is 10.0. The van der Waals surface area contributed by atoms with Crippen LogP contribution in [-0.4, -0.2) is 75.5 Å². The van der Waals surface area contributed by atoms with Gasteiger partial charge in [0.25, 0.3) is 0 Å². The van der Waals surface area contributed by atoms with E-state index in [2.05, 4.69) is 50.3 Å². The molecule has 0 saturated heterocycles. The lowest BCUT2D eigenvalue weighted by molar-refractivity contribution is -0.889. The van der Waals surface area contributed by atoms with E-state index in [1.807, 2.05) is 12.2 Å². The first-order valence-corrected chi connectivity index (χ1v) is 19.7. The molecule has 0 aliphatic carbocycles. The summed E-state index contributed by atoms with van der Waals surface area (Å²) in [5.41, 5.74) is 0. The molecule has 0 aromatic carbocycles. The summed E-state index contributed by atoms with van der Waals surface area (Å²) in [6.07, 6.45) is 37.2. The fourth-order valence-electron chi connectivity index (χ4n) is 5.44. The van der Waals surface area contributed by atoms with E-state index in [1.165, 1.54) is 64.2 Å². The molecular weight excluding hydrogens is 630 g/mol. The van der Waals surface area contributed by atoms with Crippen LogP contribution in [0.4, 0.5) is 0 Å². The number of nitrogens with zero attached hydrogens (tertiary/aromatic N) is 1. The highest BCUT2D eigenvalue weighted by Crippen LogP contribution is 2.14. The second-order valence-corrected chi connectivity index (χ2v) is 14.1. The van der Waals surface area contributed by atoms with E-state index in [0.717, 1.165) is 44.9 Å². The molecule has 0 fully saturated rings. The van der Waals surface area contributed by atoms with Crippen molar-refractivity contribution in [3.8, 4) is 0 Å². The van der Waals surface area contributed by atoms with Gasteiger partial charge in [0.1, 0.15) is 12.6 Å². The van der Waals surface area contributed by atoms with Gasteiger partial charge in [-0.1, -0.05) is 140 Å². The Morgan fingerprint density at radius 2 is 1.12 bits per heavy atom. The van der Waals surface area contributed by atoms with Gasteiger partial charge in [-0.05, 0) is 38.5 Å². The summed E-state index contributed by atoms with van der Waals surface area (Å²) in [7, 11) is 5.37. The molecule has 2 unspecified atom stereocenters. The minimum Gasteiger partial charge on any atom is -0.544 e. The Bertz CT molecular complexity index is 964. The third kappa shape index (κ3) is 31.3. The summed E-state index contributed by atoms with van der Waals surface area (Å²) in [5, 5.41) is 11.6. The topological polar surface area (TPSA) is 102 Å². The van der Waals surface area contributed by atoms with Crippen LogP contribution in [0.1, 0.15) is 149 Å². The van der Waals surface area contributed by atoms with Crippen molar-refractivity contribution in [3.63, 3.8) is 0 Å². The molecule has 0 aromatic heterocycles. The molecule has 0 aliphatic rings. The van der Waals surface area contributed by atoms with Crippen LogP contribution in [0, 0.1) is 0 Å². The van der Waals surface area contributed by atoms with E-state index in [0.29, 0.717) is 12.8 Å². The van der Waals surface area contributed by atoms with Gasteiger partial charge in [-0.25, -0.2) is 0 Å². The van der Waals surface area contributed by atoms with Crippen LogP contribution in [0.3, 0.4) is 0 Å². The average molecular weight is 704 g/mol. The zero-order valence-electron chi connectivity index (χ0n) is 32.5. The number of rotatable bonds is 34. The molecular formula is C42H73NO7. The molecule has 0 bridgehead atoms. The minimum atomic E-state index is -1.14. The first-order chi connectivity index (χ1) is 24.1. The molecule has 0 N–H and O–H groups in total. The fourth-order valence-corrected chi connectivity index (χ4v) is 5.44. The molecule has 0 amide bonds. The number of carbonyl (C=O) groups is 3. The normalized spacial score (nSPS) is 13.5. The van der Waals surface area contributed by atoms with E-state index in [1.54, 1.807) is 21.1 Å². The molecule has 0 rings (SSSR count). The van der Waals surface area contributed by atoms with Crippen molar-refractivity contribution in [3.05, 3.63) is 48.6 Å². The molecule has 0 spiro atoms. The Hall–Kier alpha value is -2.71.